The van der Waals surface area contributed by atoms with Crippen molar-refractivity contribution >= 4 is 14.4 Å². The van der Waals surface area contributed by atoms with Crippen LogP contribution in [0, 0.1) is 6.92 Å². The molecule has 176 valence electrons. The molecule has 0 saturated carbocycles. The lowest BCUT2D eigenvalue weighted by atomic mass is 10.1. The summed E-state index contributed by atoms with van der Waals surface area (Å²) in [6, 6.07) is -0.344. The van der Waals surface area contributed by atoms with Crippen molar-refractivity contribution < 1.29 is 18.7 Å². The second-order valence-corrected chi connectivity index (χ2v) is 15.5. The van der Waals surface area contributed by atoms with Gasteiger partial charge in [0, 0.05) is 24.2 Å². The molecule has 0 bridgehead atoms. The predicted molar refractivity (Wildman–Crippen MR) is 121 cm³/mol. The third-order valence-electron chi connectivity index (χ3n) is 5.87. The molecule has 0 unspecified atom stereocenters. The van der Waals surface area contributed by atoms with E-state index in [1.54, 1.807) is 20.8 Å². The Hall–Kier alpha value is -1.75. The number of ether oxygens (including phenoxy) is 2. The van der Waals surface area contributed by atoms with Crippen LogP contribution in [0.15, 0.2) is 15.8 Å². The summed E-state index contributed by atoms with van der Waals surface area (Å²) in [7, 11) is -1.99. The molecular formula is C21H37N3O6Si. The fourth-order valence-corrected chi connectivity index (χ4v) is 3.98. The number of aryl methyl sites for hydroxylation is 1. The third kappa shape index (κ3) is 5.74. The number of aromatic nitrogens is 2. The summed E-state index contributed by atoms with van der Waals surface area (Å²) in [5.74, 6) is 0. The van der Waals surface area contributed by atoms with E-state index in [-0.39, 0.29) is 16.6 Å². The molecule has 1 aliphatic heterocycles. The first kappa shape index (κ1) is 25.5. The first-order valence-corrected chi connectivity index (χ1v) is 13.5. The van der Waals surface area contributed by atoms with E-state index in [0.29, 0.717) is 17.6 Å². The Kier molecular flexibility index (Phi) is 7.11. The molecule has 9 nitrogen and oxygen atoms in total. The Balaban J connectivity index is 2.29. The Labute approximate surface area is 184 Å². The van der Waals surface area contributed by atoms with Gasteiger partial charge in [-0.25, -0.2) is 9.59 Å². The van der Waals surface area contributed by atoms with Crippen molar-refractivity contribution in [2.75, 3.05) is 6.61 Å². The average Bonchev–Trinajstić information content (AvgIpc) is 2.94. The van der Waals surface area contributed by atoms with Crippen LogP contribution in [-0.4, -0.2) is 47.9 Å². The summed E-state index contributed by atoms with van der Waals surface area (Å²) in [5, 5.41) is 0.0477. The number of nitrogens with two attached hydrogens (primary N) is 1. The Bertz CT molecular complexity index is 938. The lowest BCUT2D eigenvalue weighted by Gasteiger charge is -2.37. The summed E-state index contributed by atoms with van der Waals surface area (Å²) in [6.45, 7) is 17.6. The van der Waals surface area contributed by atoms with Gasteiger partial charge in [-0.15, -0.1) is 0 Å². The quantitative estimate of drug-likeness (QED) is 0.694. The standard InChI is InChI=1S/C21H37N3O6Si/c1-13-11-23(18(26)24(17(13)25)19(27)30-20(2,3)4)16-10-14(22)15(29-16)12-28-31(8,9)21(5,6)7/h11,14-16H,10,12,22H2,1-9H3/t14-,15+,16+/m0/s1. The van der Waals surface area contributed by atoms with Crippen LogP contribution in [0.5, 0.6) is 0 Å². The summed E-state index contributed by atoms with van der Waals surface area (Å²) >= 11 is 0. The number of hydrogen-bond acceptors (Lipinski definition) is 7. The molecule has 10 heteroatoms. The Morgan fingerprint density at radius 3 is 2.32 bits per heavy atom. The largest absolute Gasteiger partial charge is 0.443 e. The second kappa shape index (κ2) is 8.65. The van der Waals surface area contributed by atoms with Gasteiger partial charge >= 0.3 is 11.8 Å². The molecule has 1 aromatic heterocycles. The highest BCUT2D eigenvalue weighted by Crippen LogP contribution is 2.37. The maximum Gasteiger partial charge on any atom is 0.425 e. The molecule has 0 amide bonds. The minimum Gasteiger partial charge on any atom is -0.443 e. The highest BCUT2D eigenvalue weighted by Gasteiger charge is 2.41. The summed E-state index contributed by atoms with van der Waals surface area (Å²) in [6.07, 6.45) is -0.353. The van der Waals surface area contributed by atoms with Crippen molar-refractivity contribution in [2.24, 2.45) is 5.73 Å². The number of hydrogen-bond donors (Lipinski definition) is 1. The Morgan fingerprint density at radius 2 is 1.81 bits per heavy atom. The lowest BCUT2D eigenvalue weighted by Crippen LogP contribution is -2.47. The fourth-order valence-electron chi connectivity index (χ4n) is 2.96. The van der Waals surface area contributed by atoms with Crippen LogP contribution in [0.4, 0.5) is 4.79 Å². The van der Waals surface area contributed by atoms with Crippen molar-refractivity contribution in [3.05, 3.63) is 32.6 Å². The van der Waals surface area contributed by atoms with Crippen LogP contribution in [-0.2, 0) is 13.9 Å². The molecule has 0 radical (unpaired) electrons. The van der Waals surface area contributed by atoms with Crippen LogP contribution in [0.3, 0.4) is 0 Å². The minimum atomic E-state index is -1.99. The van der Waals surface area contributed by atoms with Crippen molar-refractivity contribution in [3.63, 3.8) is 0 Å². The lowest BCUT2D eigenvalue weighted by molar-refractivity contribution is -0.0254. The summed E-state index contributed by atoms with van der Waals surface area (Å²) < 4.78 is 19.3. The zero-order valence-corrected chi connectivity index (χ0v) is 21.1. The van der Waals surface area contributed by atoms with Gasteiger partial charge in [-0.3, -0.25) is 9.36 Å². The van der Waals surface area contributed by atoms with E-state index in [1.807, 2.05) is 0 Å². The van der Waals surface area contributed by atoms with E-state index in [2.05, 4.69) is 33.9 Å². The highest BCUT2D eigenvalue weighted by molar-refractivity contribution is 6.74. The molecule has 2 heterocycles. The molecular weight excluding hydrogens is 418 g/mol. The molecule has 1 aromatic rings. The number of nitrogens with zero attached hydrogens (tertiary/aromatic N) is 2. The van der Waals surface area contributed by atoms with E-state index in [1.165, 1.54) is 17.7 Å². The minimum absolute atomic E-state index is 0.0477. The molecule has 2 rings (SSSR count). The van der Waals surface area contributed by atoms with Gasteiger partial charge in [-0.1, -0.05) is 20.8 Å². The topological polar surface area (TPSA) is 115 Å². The van der Waals surface area contributed by atoms with Crippen LogP contribution in [0.2, 0.25) is 18.1 Å². The first-order chi connectivity index (χ1) is 13.9. The maximum atomic E-state index is 13.0. The predicted octanol–water partition coefficient (Wildman–Crippen LogP) is 2.74. The van der Waals surface area contributed by atoms with E-state index in [4.69, 9.17) is 19.6 Å². The average molecular weight is 456 g/mol. The van der Waals surface area contributed by atoms with E-state index in [9.17, 15) is 14.4 Å². The van der Waals surface area contributed by atoms with Gasteiger partial charge in [0.15, 0.2) is 8.32 Å². The van der Waals surface area contributed by atoms with Crippen LogP contribution in [0.1, 0.15) is 59.8 Å². The number of rotatable bonds is 4. The van der Waals surface area contributed by atoms with E-state index < -0.39 is 43.6 Å². The molecule has 0 spiro atoms. The van der Waals surface area contributed by atoms with Gasteiger partial charge in [0.1, 0.15) is 11.8 Å². The molecule has 1 fully saturated rings. The van der Waals surface area contributed by atoms with Gasteiger partial charge in [-0.05, 0) is 45.8 Å². The molecule has 31 heavy (non-hydrogen) atoms. The van der Waals surface area contributed by atoms with Crippen molar-refractivity contribution in [1.29, 1.82) is 0 Å². The van der Waals surface area contributed by atoms with Crippen LogP contribution < -0.4 is 17.0 Å². The van der Waals surface area contributed by atoms with Gasteiger partial charge in [0.05, 0.1) is 12.7 Å². The van der Waals surface area contributed by atoms with Gasteiger partial charge in [-0.2, -0.15) is 4.57 Å². The van der Waals surface area contributed by atoms with E-state index in [0.717, 1.165) is 0 Å². The number of carbonyl (C=O) groups is 1. The number of carbonyl (C=O) groups excluding carboxylic acids is 1. The van der Waals surface area contributed by atoms with Gasteiger partial charge in [0.2, 0.25) is 0 Å². The molecule has 2 N–H and O–H groups in total. The molecule has 3 atom stereocenters. The SMILES string of the molecule is Cc1cn([C@H]2C[C@H](N)[C@@H](CO[Si](C)(C)C(C)(C)C)O2)c(=O)n(C(=O)OC(C)(C)C)c1=O. The smallest absolute Gasteiger partial charge is 0.425 e. The summed E-state index contributed by atoms with van der Waals surface area (Å²) in [4.78, 5) is 38.0. The second-order valence-electron chi connectivity index (χ2n) is 10.7. The van der Waals surface area contributed by atoms with E-state index >= 15 is 0 Å². The van der Waals surface area contributed by atoms with Crippen LogP contribution in [0.25, 0.3) is 0 Å². The van der Waals surface area contributed by atoms with Crippen molar-refractivity contribution in [2.45, 2.75) is 97.0 Å². The van der Waals surface area contributed by atoms with Crippen molar-refractivity contribution in [3.8, 4) is 0 Å². The molecule has 0 aromatic carbocycles. The maximum absolute atomic E-state index is 13.0. The highest BCUT2D eigenvalue weighted by atomic mass is 28.4. The molecule has 1 aliphatic rings. The summed E-state index contributed by atoms with van der Waals surface area (Å²) in [5.41, 5.74) is 4.13. The first-order valence-electron chi connectivity index (χ1n) is 10.6. The molecule has 0 aliphatic carbocycles. The van der Waals surface area contributed by atoms with Crippen molar-refractivity contribution in [1.82, 2.24) is 9.13 Å². The zero-order chi connectivity index (χ0) is 23.9. The van der Waals surface area contributed by atoms with Gasteiger partial charge < -0.3 is 19.6 Å². The van der Waals surface area contributed by atoms with Crippen LogP contribution >= 0.6 is 0 Å². The third-order valence-corrected chi connectivity index (χ3v) is 10.4. The Morgan fingerprint density at radius 1 is 1.23 bits per heavy atom. The fraction of sp³-hybridized carbons (Fsp3) is 0.762. The zero-order valence-electron chi connectivity index (χ0n) is 20.1. The normalized spacial score (nSPS) is 22.6. The van der Waals surface area contributed by atoms with Gasteiger partial charge in [0.25, 0.3) is 5.56 Å². The monoisotopic (exact) mass is 455 g/mol. The molecule has 1 saturated heterocycles.